The molecule has 0 fully saturated rings. The number of rotatable bonds is 8. The lowest BCUT2D eigenvalue weighted by Crippen LogP contribution is -2.65. The fourth-order valence-electron chi connectivity index (χ4n) is 5.52. The molecular weight excluding hydrogens is 515 g/mol. The molecule has 41 heavy (non-hydrogen) atoms. The number of para-hydroxylation sites is 6. The fourth-order valence-corrected chi connectivity index (χ4v) is 8.15. The Bertz CT molecular complexity index is 1500. The molecule has 0 aromatic heterocycles. The van der Waals surface area contributed by atoms with Crippen molar-refractivity contribution in [2.45, 2.75) is 6.55 Å². The highest BCUT2D eigenvalue weighted by atomic mass is 28.3. The number of hydrogen-bond acceptors (Lipinski definition) is 3. The topological polar surface area (TPSA) is 32.5 Å². The molecule has 0 spiro atoms. The average Bonchev–Trinajstić information content (AvgIpc) is 3.04. The molecule has 4 heteroatoms. The van der Waals surface area contributed by atoms with Gasteiger partial charge in [-0.15, -0.1) is 0 Å². The number of nitrogens with zero attached hydrogens (tertiary/aromatic N) is 2. The van der Waals surface area contributed by atoms with E-state index < -0.39 is 8.24 Å². The van der Waals surface area contributed by atoms with Gasteiger partial charge in [-0.1, -0.05) is 109 Å². The molecule has 0 bridgehead atoms. The molecule has 6 aromatic rings. The third kappa shape index (κ3) is 5.31. The van der Waals surface area contributed by atoms with Crippen LogP contribution in [0.1, 0.15) is 0 Å². The summed E-state index contributed by atoms with van der Waals surface area (Å²) >= 11 is 0. The van der Waals surface area contributed by atoms with E-state index in [2.05, 4.69) is 186 Å². The van der Waals surface area contributed by atoms with E-state index >= 15 is 0 Å². The van der Waals surface area contributed by atoms with Gasteiger partial charge in [0.25, 0.3) is 0 Å². The molecule has 0 heterocycles. The van der Waals surface area contributed by atoms with Gasteiger partial charge in [0.2, 0.25) is 0 Å². The van der Waals surface area contributed by atoms with Crippen molar-refractivity contribution in [2.24, 2.45) is 5.40 Å². The predicted octanol–water partition coefficient (Wildman–Crippen LogP) is 8.27. The zero-order valence-electron chi connectivity index (χ0n) is 23.1. The van der Waals surface area contributed by atoms with Crippen LogP contribution in [0.15, 0.2) is 170 Å². The summed E-state index contributed by atoms with van der Waals surface area (Å²) in [5, 5.41) is 9.97. The summed E-state index contributed by atoms with van der Waals surface area (Å²) in [4.78, 5) is 4.64. The molecule has 3 nitrogen and oxygen atoms in total. The van der Waals surface area contributed by atoms with Crippen molar-refractivity contribution in [1.82, 2.24) is 0 Å². The first-order valence-electron chi connectivity index (χ1n) is 13.9. The Balaban J connectivity index is 1.55. The Hall–Kier alpha value is -4.90. The van der Waals surface area contributed by atoms with Crippen molar-refractivity contribution in [1.29, 1.82) is 0 Å². The lowest BCUT2D eigenvalue weighted by molar-refractivity contribution is 1.28. The number of anilines is 6. The van der Waals surface area contributed by atoms with E-state index in [0.29, 0.717) is 0 Å². The minimum absolute atomic E-state index is 1.10. The van der Waals surface area contributed by atoms with Gasteiger partial charge in [-0.2, -0.15) is 0 Å². The van der Waals surface area contributed by atoms with E-state index in [4.69, 9.17) is 5.40 Å². The van der Waals surface area contributed by atoms with Crippen molar-refractivity contribution >= 4 is 52.7 Å². The van der Waals surface area contributed by atoms with Crippen LogP contribution in [0.2, 0.25) is 6.55 Å². The van der Waals surface area contributed by atoms with Gasteiger partial charge >= 0.3 is 0 Å². The van der Waals surface area contributed by atoms with Crippen LogP contribution in [-0.4, -0.2) is 8.24 Å². The molecule has 0 aliphatic rings. The lowest BCUT2D eigenvalue weighted by atomic mass is 10.2. The summed E-state index contributed by atoms with van der Waals surface area (Å²) in [6.45, 7) is 2.26. The molecule has 0 atom stereocenters. The van der Waals surface area contributed by atoms with Crippen molar-refractivity contribution < 1.29 is 0 Å². The molecule has 6 aromatic carbocycles. The summed E-state index contributed by atoms with van der Waals surface area (Å²) in [6, 6.07) is 59.4. The first-order chi connectivity index (χ1) is 20.1. The minimum Gasteiger partial charge on any atom is -0.344 e. The molecule has 2 N–H and O–H groups in total. The zero-order chi connectivity index (χ0) is 28.1. The van der Waals surface area contributed by atoms with Gasteiger partial charge in [-0.3, -0.25) is 0 Å². The molecule has 200 valence electrons. The van der Waals surface area contributed by atoms with Crippen LogP contribution in [0.5, 0.6) is 0 Å². The van der Waals surface area contributed by atoms with Crippen molar-refractivity contribution in [3.05, 3.63) is 170 Å². The number of benzene rings is 6. The highest BCUT2D eigenvalue weighted by Crippen LogP contribution is 2.36. The molecular formula is C37H33N3Si. The standard InChI is InChI=1S/C37H33N3Si/c1-41(38,36-28-16-14-26-34(36)39(30-18-6-2-7-19-30)31-20-8-3-9-21-31)37-29-17-15-27-35(37)40(32-22-10-4-11-23-32)33-24-12-5-13-25-33/h2-29H,38H2,1H3. The Morgan fingerprint density at radius 1 is 0.366 bits per heavy atom. The van der Waals surface area contributed by atoms with Crippen molar-refractivity contribution in [3.8, 4) is 0 Å². The van der Waals surface area contributed by atoms with Crippen LogP contribution >= 0.6 is 0 Å². The zero-order valence-corrected chi connectivity index (χ0v) is 24.1. The summed E-state index contributed by atoms with van der Waals surface area (Å²) < 4.78 is 0. The van der Waals surface area contributed by atoms with Gasteiger partial charge in [-0.05, 0) is 77.6 Å². The van der Waals surface area contributed by atoms with Gasteiger partial charge < -0.3 is 15.2 Å². The second kappa shape index (κ2) is 11.7. The normalized spacial score (nSPS) is 11.2. The maximum atomic E-state index is 7.63. The number of hydrogen-bond donors (Lipinski definition) is 1. The Labute approximate surface area is 243 Å². The van der Waals surface area contributed by atoms with Gasteiger partial charge in [0.05, 0.1) is 0 Å². The minimum atomic E-state index is -2.79. The molecule has 0 aliphatic carbocycles. The molecule has 0 amide bonds. The van der Waals surface area contributed by atoms with Gasteiger partial charge in [0, 0.05) is 34.1 Å². The second-order valence-corrected chi connectivity index (χ2v) is 13.7. The van der Waals surface area contributed by atoms with E-state index in [0.717, 1.165) is 34.1 Å². The molecule has 0 radical (unpaired) electrons. The van der Waals surface area contributed by atoms with E-state index in [1.807, 2.05) is 0 Å². The van der Waals surface area contributed by atoms with Crippen LogP contribution in [0, 0.1) is 0 Å². The SMILES string of the molecule is C[Si](N)(c1ccccc1N(c1ccccc1)c1ccccc1)c1ccccc1N(c1ccccc1)c1ccccc1. The summed E-state index contributed by atoms with van der Waals surface area (Å²) in [5.41, 5.74) is 6.59. The summed E-state index contributed by atoms with van der Waals surface area (Å²) in [6.07, 6.45) is 0. The molecule has 0 saturated heterocycles. The smallest absolute Gasteiger partial charge is 0.188 e. The van der Waals surface area contributed by atoms with Gasteiger partial charge in [0.1, 0.15) is 0 Å². The van der Waals surface area contributed by atoms with E-state index in [1.54, 1.807) is 0 Å². The Morgan fingerprint density at radius 2 is 0.610 bits per heavy atom. The molecule has 0 aliphatic heterocycles. The van der Waals surface area contributed by atoms with Crippen LogP contribution in [0.4, 0.5) is 34.1 Å². The van der Waals surface area contributed by atoms with Gasteiger partial charge in [-0.25, -0.2) is 0 Å². The molecule has 0 unspecified atom stereocenters. The van der Waals surface area contributed by atoms with E-state index in [-0.39, 0.29) is 0 Å². The largest absolute Gasteiger partial charge is 0.344 e. The third-order valence-electron chi connectivity index (χ3n) is 7.47. The van der Waals surface area contributed by atoms with E-state index in [9.17, 15) is 0 Å². The van der Waals surface area contributed by atoms with Crippen LogP contribution in [-0.2, 0) is 0 Å². The fraction of sp³-hybridized carbons (Fsp3) is 0.0270. The van der Waals surface area contributed by atoms with Crippen molar-refractivity contribution in [3.63, 3.8) is 0 Å². The Morgan fingerprint density at radius 3 is 0.902 bits per heavy atom. The summed E-state index contributed by atoms with van der Waals surface area (Å²) in [5.74, 6) is 0. The van der Waals surface area contributed by atoms with Crippen LogP contribution < -0.4 is 25.6 Å². The lowest BCUT2D eigenvalue weighted by Gasteiger charge is -2.35. The highest BCUT2D eigenvalue weighted by molar-refractivity contribution is 7.00. The average molecular weight is 548 g/mol. The quantitative estimate of drug-likeness (QED) is 0.195. The van der Waals surface area contributed by atoms with Crippen LogP contribution in [0.25, 0.3) is 0 Å². The van der Waals surface area contributed by atoms with Gasteiger partial charge in [0.15, 0.2) is 8.24 Å². The predicted molar refractivity (Wildman–Crippen MR) is 177 cm³/mol. The first-order valence-corrected chi connectivity index (χ1v) is 16.5. The molecule has 6 rings (SSSR count). The first kappa shape index (κ1) is 26.3. The number of nitrogens with two attached hydrogens (primary N) is 1. The summed E-state index contributed by atoms with van der Waals surface area (Å²) in [7, 11) is -2.79. The van der Waals surface area contributed by atoms with E-state index in [1.165, 1.54) is 10.4 Å². The molecule has 0 saturated carbocycles. The third-order valence-corrected chi connectivity index (χ3v) is 10.6. The van der Waals surface area contributed by atoms with Crippen LogP contribution in [0.3, 0.4) is 0 Å². The monoisotopic (exact) mass is 547 g/mol. The second-order valence-electron chi connectivity index (χ2n) is 10.2. The maximum absolute atomic E-state index is 7.63. The highest BCUT2D eigenvalue weighted by Gasteiger charge is 2.35. The van der Waals surface area contributed by atoms with Crippen molar-refractivity contribution in [2.75, 3.05) is 9.80 Å². The maximum Gasteiger partial charge on any atom is 0.188 e. The Kier molecular flexibility index (Phi) is 7.50.